The van der Waals surface area contributed by atoms with Gasteiger partial charge in [-0.05, 0) is 24.6 Å². The van der Waals surface area contributed by atoms with E-state index in [9.17, 15) is 0 Å². The highest BCUT2D eigenvalue weighted by Gasteiger charge is 2.20. The molecular formula is C18H17N4+. The number of benzene rings is 1. The van der Waals surface area contributed by atoms with Crippen LogP contribution in [0, 0.1) is 18.3 Å². The molecule has 4 heteroatoms. The third-order valence-electron chi connectivity index (χ3n) is 3.91. The average Bonchev–Trinajstić information content (AvgIpc) is 2.89. The number of nitrogens with zero attached hydrogens (tertiary/aromatic N) is 4. The Bertz CT molecular complexity index is 884. The Morgan fingerprint density at radius 3 is 2.50 bits per heavy atom. The van der Waals surface area contributed by atoms with Crippen LogP contribution in [0.3, 0.4) is 0 Å². The molecule has 1 aromatic carbocycles. The molecule has 0 amide bonds. The number of hydrogen-bond donors (Lipinski definition) is 0. The molecule has 3 rings (SSSR count). The van der Waals surface area contributed by atoms with Crippen molar-refractivity contribution in [3.05, 3.63) is 59.8 Å². The largest absolute Gasteiger partial charge is 0.260 e. The van der Waals surface area contributed by atoms with E-state index in [1.165, 1.54) is 11.1 Å². The van der Waals surface area contributed by atoms with Crippen LogP contribution >= 0.6 is 0 Å². The van der Waals surface area contributed by atoms with Crippen molar-refractivity contribution in [3.63, 3.8) is 0 Å². The molecule has 22 heavy (non-hydrogen) atoms. The zero-order chi connectivity index (χ0) is 15.7. The van der Waals surface area contributed by atoms with Crippen molar-refractivity contribution < 1.29 is 4.57 Å². The van der Waals surface area contributed by atoms with Crippen LogP contribution in [0.1, 0.15) is 11.3 Å². The summed E-state index contributed by atoms with van der Waals surface area (Å²) in [5.41, 5.74) is 5.95. The first-order valence-electron chi connectivity index (χ1n) is 7.11. The highest BCUT2D eigenvalue weighted by Crippen LogP contribution is 2.23. The topological polar surface area (TPSA) is 45.5 Å². The second-order valence-corrected chi connectivity index (χ2v) is 5.32. The van der Waals surface area contributed by atoms with Crippen LogP contribution in [0.2, 0.25) is 0 Å². The predicted octanol–water partition coefficient (Wildman–Crippen LogP) is 2.76. The summed E-state index contributed by atoms with van der Waals surface area (Å²) in [7, 11) is 3.90. The van der Waals surface area contributed by atoms with Gasteiger partial charge in [0.25, 0.3) is 0 Å². The number of hydrogen-bond acceptors (Lipinski definition) is 2. The molecule has 0 aliphatic heterocycles. The maximum absolute atomic E-state index is 9.03. The molecule has 4 nitrogen and oxygen atoms in total. The van der Waals surface area contributed by atoms with Crippen LogP contribution < -0.4 is 4.57 Å². The van der Waals surface area contributed by atoms with Crippen molar-refractivity contribution in [2.45, 2.75) is 6.92 Å². The van der Waals surface area contributed by atoms with Gasteiger partial charge in [-0.15, -0.1) is 0 Å². The first-order valence-corrected chi connectivity index (χ1v) is 7.11. The lowest BCUT2D eigenvalue weighted by molar-refractivity contribution is -0.649. The van der Waals surface area contributed by atoms with Crippen LogP contribution in [0.25, 0.3) is 22.6 Å². The van der Waals surface area contributed by atoms with Crippen molar-refractivity contribution >= 4 is 0 Å². The van der Waals surface area contributed by atoms with E-state index >= 15 is 0 Å². The van der Waals surface area contributed by atoms with Gasteiger partial charge < -0.3 is 0 Å². The fourth-order valence-electron chi connectivity index (χ4n) is 2.73. The Morgan fingerprint density at radius 2 is 1.82 bits per heavy atom. The first-order chi connectivity index (χ1) is 10.6. The van der Waals surface area contributed by atoms with Gasteiger partial charge in [0.1, 0.15) is 18.8 Å². The SMILES string of the molecule is Cc1ccccc1-c1cccc(-c2cc(C#N)nn2C)[n+]1C. The van der Waals surface area contributed by atoms with Crippen molar-refractivity contribution in [3.8, 4) is 28.7 Å². The molecule has 108 valence electrons. The quantitative estimate of drug-likeness (QED) is 0.681. The van der Waals surface area contributed by atoms with Gasteiger partial charge in [-0.2, -0.15) is 14.9 Å². The molecule has 0 aliphatic rings. The normalized spacial score (nSPS) is 10.5. The van der Waals surface area contributed by atoms with E-state index in [1.54, 1.807) is 4.68 Å². The van der Waals surface area contributed by atoms with Gasteiger partial charge >= 0.3 is 0 Å². The molecule has 0 unspecified atom stereocenters. The molecule has 0 atom stereocenters. The molecule has 2 heterocycles. The second-order valence-electron chi connectivity index (χ2n) is 5.32. The second kappa shape index (κ2) is 5.45. The van der Waals surface area contributed by atoms with E-state index in [4.69, 9.17) is 5.26 Å². The zero-order valence-electron chi connectivity index (χ0n) is 12.9. The Balaban J connectivity index is 2.20. The summed E-state index contributed by atoms with van der Waals surface area (Å²) in [4.78, 5) is 0. The first kappa shape index (κ1) is 14.0. The van der Waals surface area contributed by atoms with Crippen LogP contribution in [-0.4, -0.2) is 9.78 Å². The van der Waals surface area contributed by atoms with Gasteiger partial charge in [-0.25, -0.2) is 0 Å². The maximum atomic E-state index is 9.03. The molecule has 0 saturated heterocycles. The summed E-state index contributed by atoms with van der Waals surface area (Å²) in [6.45, 7) is 2.11. The lowest BCUT2D eigenvalue weighted by Gasteiger charge is -2.07. The molecule has 0 spiro atoms. The lowest BCUT2D eigenvalue weighted by Crippen LogP contribution is -2.34. The van der Waals surface area contributed by atoms with Gasteiger partial charge in [0, 0.05) is 30.8 Å². The van der Waals surface area contributed by atoms with Crippen molar-refractivity contribution in [2.75, 3.05) is 0 Å². The summed E-state index contributed by atoms with van der Waals surface area (Å²) >= 11 is 0. The minimum Gasteiger partial charge on any atom is -0.260 e. The standard InChI is InChI=1S/C18H17N4/c1-13-7-4-5-8-15(13)16-9-6-10-17(21(16)2)18-11-14(12-19)20-22(18)3/h4-11H,1-3H3/q+1. The number of aromatic nitrogens is 3. The Labute approximate surface area is 129 Å². The predicted molar refractivity (Wildman–Crippen MR) is 84.7 cm³/mol. The molecule has 0 aliphatic carbocycles. The molecular weight excluding hydrogens is 272 g/mol. The highest BCUT2D eigenvalue weighted by molar-refractivity contribution is 5.63. The molecule has 0 radical (unpaired) electrons. The lowest BCUT2D eigenvalue weighted by atomic mass is 10.0. The summed E-state index contributed by atoms with van der Waals surface area (Å²) in [5, 5.41) is 13.2. The number of pyridine rings is 1. The molecule has 0 bridgehead atoms. The molecule has 0 fully saturated rings. The summed E-state index contributed by atoms with van der Waals surface area (Å²) < 4.78 is 3.88. The minimum absolute atomic E-state index is 0.429. The smallest absolute Gasteiger partial charge is 0.231 e. The van der Waals surface area contributed by atoms with Crippen LogP contribution in [-0.2, 0) is 14.1 Å². The molecule has 0 saturated carbocycles. The fraction of sp³-hybridized carbons (Fsp3) is 0.167. The van der Waals surface area contributed by atoms with Gasteiger partial charge in [0.05, 0.1) is 0 Å². The van der Waals surface area contributed by atoms with E-state index in [1.807, 2.05) is 44.4 Å². The number of rotatable bonds is 2. The Hall–Kier alpha value is -2.93. The van der Waals surface area contributed by atoms with Gasteiger partial charge in [-0.3, -0.25) is 4.68 Å². The van der Waals surface area contributed by atoms with Crippen molar-refractivity contribution in [1.29, 1.82) is 5.26 Å². The fourth-order valence-corrected chi connectivity index (χ4v) is 2.73. The van der Waals surface area contributed by atoms with E-state index in [2.05, 4.69) is 40.9 Å². The third kappa shape index (κ3) is 2.27. The van der Waals surface area contributed by atoms with E-state index < -0.39 is 0 Å². The maximum Gasteiger partial charge on any atom is 0.231 e. The molecule has 0 N–H and O–H groups in total. The van der Waals surface area contributed by atoms with E-state index in [0.29, 0.717) is 5.69 Å². The Kier molecular flexibility index (Phi) is 3.48. The summed E-state index contributed by atoms with van der Waals surface area (Å²) in [6, 6.07) is 18.4. The highest BCUT2D eigenvalue weighted by atomic mass is 15.3. The number of aryl methyl sites for hydroxylation is 2. The van der Waals surface area contributed by atoms with Crippen LogP contribution in [0.4, 0.5) is 0 Å². The monoisotopic (exact) mass is 289 g/mol. The van der Waals surface area contributed by atoms with E-state index in [0.717, 1.165) is 17.1 Å². The Morgan fingerprint density at radius 1 is 1.09 bits per heavy atom. The molecule has 3 aromatic rings. The van der Waals surface area contributed by atoms with Crippen molar-refractivity contribution in [2.24, 2.45) is 14.1 Å². The zero-order valence-corrected chi connectivity index (χ0v) is 12.9. The summed E-state index contributed by atoms with van der Waals surface area (Å²) in [6.07, 6.45) is 0. The van der Waals surface area contributed by atoms with E-state index in [-0.39, 0.29) is 0 Å². The van der Waals surface area contributed by atoms with Gasteiger partial charge in [0.2, 0.25) is 11.4 Å². The molecule has 2 aromatic heterocycles. The number of nitriles is 1. The summed E-state index contributed by atoms with van der Waals surface area (Å²) in [5.74, 6) is 0. The van der Waals surface area contributed by atoms with Crippen molar-refractivity contribution in [1.82, 2.24) is 9.78 Å². The minimum atomic E-state index is 0.429. The van der Waals surface area contributed by atoms with Crippen LogP contribution in [0.15, 0.2) is 48.5 Å². The van der Waals surface area contributed by atoms with Gasteiger partial charge in [0.15, 0.2) is 5.69 Å². The van der Waals surface area contributed by atoms with Gasteiger partial charge in [-0.1, -0.05) is 18.2 Å². The van der Waals surface area contributed by atoms with Crippen LogP contribution in [0.5, 0.6) is 0 Å². The average molecular weight is 289 g/mol. The third-order valence-corrected chi connectivity index (χ3v) is 3.91.